The van der Waals surface area contributed by atoms with Gasteiger partial charge in [-0.1, -0.05) is 139 Å². The molecule has 0 amide bonds. The largest absolute Gasteiger partial charge is 0.264 e. The molecule has 0 aliphatic heterocycles. The summed E-state index contributed by atoms with van der Waals surface area (Å²) in [4.78, 5) is 4.41. The lowest BCUT2D eigenvalue weighted by atomic mass is 9.83. The molecule has 0 bridgehead atoms. The van der Waals surface area contributed by atoms with Crippen molar-refractivity contribution in [3.8, 4) is 44.5 Å². The quantitative estimate of drug-likeness (QED) is 0.195. The molecular weight excluding hydrogens is 530 g/mol. The number of hydrogen-bond donors (Lipinski definition) is 0. The van der Waals surface area contributed by atoms with Gasteiger partial charge in [-0.05, 0) is 96.7 Å². The Labute approximate surface area is 258 Å². The number of fused-ring (bicyclic) bond motifs is 3. The van der Waals surface area contributed by atoms with E-state index in [-0.39, 0.29) is 0 Å². The molecule has 0 aliphatic carbocycles. The molecule has 1 heteroatoms. The van der Waals surface area contributed by atoms with Gasteiger partial charge in [0.05, 0.1) is 0 Å². The van der Waals surface area contributed by atoms with E-state index in [4.69, 9.17) is 0 Å². The molecule has 0 atom stereocenters. The molecule has 0 aliphatic rings. The first kappa shape index (κ1) is 26.1. The Morgan fingerprint density at radius 2 is 0.818 bits per heavy atom. The van der Waals surface area contributed by atoms with Crippen LogP contribution in [0.1, 0.15) is 11.1 Å². The molecule has 7 aromatic carbocycles. The van der Waals surface area contributed by atoms with Crippen molar-refractivity contribution >= 4 is 32.3 Å². The van der Waals surface area contributed by atoms with Crippen molar-refractivity contribution in [3.63, 3.8) is 0 Å². The summed E-state index contributed by atoms with van der Waals surface area (Å²) in [5.41, 5.74) is 12.3. The summed E-state index contributed by atoms with van der Waals surface area (Å²) in [7, 11) is 0. The molecule has 0 radical (unpaired) electrons. The number of nitrogens with zero attached hydrogens (tertiary/aromatic N) is 1. The first-order valence-electron chi connectivity index (χ1n) is 15.2. The summed E-state index contributed by atoms with van der Waals surface area (Å²) in [5.74, 6) is 0. The van der Waals surface area contributed by atoms with Gasteiger partial charge in [0.2, 0.25) is 0 Å². The van der Waals surface area contributed by atoms with Crippen LogP contribution in [0.25, 0.3) is 76.8 Å². The Morgan fingerprint density at radius 1 is 0.341 bits per heavy atom. The molecule has 0 fully saturated rings. The minimum Gasteiger partial charge on any atom is -0.264 e. The average Bonchev–Trinajstić information content (AvgIpc) is 3.07. The minimum atomic E-state index is 1.14. The average molecular weight is 562 g/mol. The second-order valence-corrected chi connectivity index (χ2v) is 11.7. The maximum Gasteiger partial charge on any atom is 0.0346 e. The van der Waals surface area contributed by atoms with Crippen LogP contribution in [0.5, 0.6) is 0 Å². The van der Waals surface area contributed by atoms with Crippen LogP contribution in [0, 0.1) is 13.8 Å². The van der Waals surface area contributed by atoms with Gasteiger partial charge < -0.3 is 0 Å². The second-order valence-electron chi connectivity index (χ2n) is 11.7. The fraction of sp³-hybridized carbons (Fsp3) is 0.0465. The van der Waals surface area contributed by atoms with Crippen molar-refractivity contribution < 1.29 is 0 Å². The molecule has 0 unspecified atom stereocenters. The van der Waals surface area contributed by atoms with Gasteiger partial charge in [0.25, 0.3) is 0 Å². The molecule has 0 N–H and O–H groups in total. The van der Waals surface area contributed by atoms with Crippen molar-refractivity contribution in [2.75, 3.05) is 0 Å². The number of aryl methyl sites for hydroxylation is 2. The second kappa shape index (κ2) is 10.6. The first-order chi connectivity index (χ1) is 21.7. The van der Waals surface area contributed by atoms with Gasteiger partial charge in [0, 0.05) is 18.0 Å². The van der Waals surface area contributed by atoms with Crippen molar-refractivity contribution in [2.45, 2.75) is 13.8 Å². The summed E-state index contributed by atoms with van der Waals surface area (Å²) in [6.07, 6.45) is 3.84. The Hall–Kier alpha value is -5.53. The van der Waals surface area contributed by atoms with Gasteiger partial charge in [0.1, 0.15) is 0 Å². The number of aromatic nitrogens is 1. The molecule has 0 saturated carbocycles. The van der Waals surface area contributed by atoms with Crippen LogP contribution >= 0.6 is 0 Å². The zero-order chi connectivity index (χ0) is 29.6. The fourth-order valence-corrected chi connectivity index (χ4v) is 6.77. The van der Waals surface area contributed by atoms with Crippen molar-refractivity contribution in [1.29, 1.82) is 0 Å². The Balaban J connectivity index is 1.38. The Bertz CT molecular complexity index is 2270. The molecule has 8 aromatic rings. The highest BCUT2D eigenvalue weighted by molar-refractivity contribution is 6.24. The summed E-state index contributed by atoms with van der Waals surface area (Å²) in [6.45, 7) is 4.23. The number of benzene rings is 7. The topological polar surface area (TPSA) is 12.9 Å². The van der Waals surface area contributed by atoms with E-state index < -0.39 is 0 Å². The molecule has 1 nitrogen and oxygen atoms in total. The van der Waals surface area contributed by atoms with E-state index in [1.165, 1.54) is 82.4 Å². The van der Waals surface area contributed by atoms with E-state index in [9.17, 15) is 0 Å². The van der Waals surface area contributed by atoms with Gasteiger partial charge in [-0.25, -0.2) is 0 Å². The molecule has 1 heterocycles. The Kier molecular flexibility index (Phi) is 6.31. The lowest BCUT2D eigenvalue weighted by molar-refractivity contribution is 1.27. The normalized spacial score (nSPS) is 11.4. The first-order valence-corrected chi connectivity index (χ1v) is 15.2. The van der Waals surface area contributed by atoms with Crippen LogP contribution in [0.15, 0.2) is 152 Å². The lowest BCUT2D eigenvalue weighted by Crippen LogP contribution is -1.92. The van der Waals surface area contributed by atoms with Crippen molar-refractivity contribution in [2.24, 2.45) is 0 Å². The van der Waals surface area contributed by atoms with Crippen LogP contribution in [-0.2, 0) is 0 Å². The van der Waals surface area contributed by atoms with Crippen LogP contribution in [0.4, 0.5) is 0 Å². The predicted molar refractivity (Wildman–Crippen MR) is 188 cm³/mol. The monoisotopic (exact) mass is 561 g/mol. The van der Waals surface area contributed by atoms with Gasteiger partial charge in [-0.2, -0.15) is 0 Å². The van der Waals surface area contributed by atoms with Gasteiger partial charge >= 0.3 is 0 Å². The predicted octanol–water partition coefficient (Wildman–Crippen LogP) is 11.8. The maximum atomic E-state index is 4.41. The maximum absolute atomic E-state index is 4.41. The van der Waals surface area contributed by atoms with Gasteiger partial charge in [0.15, 0.2) is 0 Å². The highest BCUT2D eigenvalue weighted by atomic mass is 14.6. The third-order valence-electron chi connectivity index (χ3n) is 8.87. The van der Waals surface area contributed by atoms with Crippen molar-refractivity contribution in [3.05, 3.63) is 163 Å². The number of rotatable bonds is 4. The van der Waals surface area contributed by atoms with E-state index >= 15 is 0 Å². The third kappa shape index (κ3) is 4.37. The minimum absolute atomic E-state index is 1.14. The van der Waals surface area contributed by atoms with E-state index in [1.54, 1.807) is 0 Å². The summed E-state index contributed by atoms with van der Waals surface area (Å²) in [5, 5.41) is 7.59. The van der Waals surface area contributed by atoms with E-state index in [0.29, 0.717) is 0 Å². The van der Waals surface area contributed by atoms with Gasteiger partial charge in [-0.15, -0.1) is 0 Å². The fourth-order valence-electron chi connectivity index (χ4n) is 6.77. The molecule has 44 heavy (non-hydrogen) atoms. The molecular formula is C43H31N. The van der Waals surface area contributed by atoms with Gasteiger partial charge in [-0.3, -0.25) is 4.98 Å². The van der Waals surface area contributed by atoms with Crippen LogP contribution in [0.2, 0.25) is 0 Å². The zero-order valence-electron chi connectivity index (χ0n) is 24.9. The summed E-state index contributed by atoms with van der Waals surface area (Å²) in [6, 6.07) is 51.3. The Morgan fingerprint density at radius 3 is 1.41 bits per heavy atom. The van der Waals surface area contributed by atoms with E-state index in [1.807, 2.05) is 12.4 Å². The zero-order valence-corrected chi connectivity index (χ0v) is 24.9. The number of pyridine rings is 1. The van der Waals surface area contributed by atoms with Crippen LogP contribution in [-0.4, -0.2) is 4.98 Å². The van der Waals surface area contributed by atoms with E-state index in [2.05, 4.69) is 158 Å². The lowest BCUT2D eigenvalue weighted by Gasteiger charge is -2.20. The molecule has 0 spiro atoms. The molecule has 8 rings (SSSR count). The van der Waals surface area contributed by atoms with Crippen LogP contribution < -0.4 is 0 Å². The molecule has 208 valence electrons. The van der Waals surface area contributed by atoms with Crippen molar-refractivity contribution in [1.82, 2.24) is 4.98 Å². The molecule has 1 aromatic heterocycles. The van der Waals surface area contributed by atoms with Crippen LogP contribution in [0.3, 0.4) is 0 Å². The smallest absolute Gasteiger partial charge is 0.0346 e. The summed E-state index contributed by atoms with van der Waals surface area (Å²) < 4.78 is 0. The third-order valence-corrected chi connectivity index (χ3v) is 8.87. The standard InChI is InChI=1S/C43H31N/c1-28-15-17-31(18-16-28)34-23-24-41(36-10-4-3-9-35(34)36)43-39-13-7-5-11-37(39)42(38-12-6-8-14-40(38)43)32-21-19-30(20-22-32)33-25-29(2)26-44-27-33/h3-27H,1-2H3. The SMILES string of the molecule is Cc1ccc(-c2ccc(-c3c4ccccc4c(-c4ccc(-c5cncc(C)c5)cc4)c4ccccc34)c3ccccc23)cc1. The highest BCUT2D eigenvalue weighted by Crippen LogP contribution is 2.46. The highest BCUT2D eigenvalue weighted by Gasteiger charge is 2.19. The molecule has 0 saturated heterocycles. The summed E-state index contributed by atoms with van der Waals surface area (Å²) >= 11 is 0. The van der Waals surface area contributed by atoms with E-state index in [0.717, 1.165) is 5.56 Å². The number of hydrogen-bond acceptors (Lipinski definition) is 1.